The Morgan fingerprint density at radius 3 is 2.81 bits per heavy atom. The number of aryl methyl sites for hydroxylation is 1. The van der Waals surface area contributed by atoms with E-state index in [1.807, 2.05) is 13.0 Å². The number of nitrogens with zero attached hydrogens (tertiary/aromatic N) is 3. The molecule has 7 heteroatoms. The van der Waals surface area contributed by atoms with Crippen LogP contribution in [-0.4, -0.2) is 24.0 Å². The molecule has 1 N–H and O–H groups in total. The van der Waals surface area contributed by atoms with Crippen LogP contribution >= 0.6 is 0 Å². The minimum atomic E-state index is -3.68. The number of rotatable bonds is 5. The summed E-state index contributed by atoms with van der Waals surface area (Å²) in [7, 11) is -2.00. The Bertz CT molecular complexity index is 486. The van der Waals surface area contributed by atoms with E-state index in [4.69, 9.17) is 5.26 Å². The van der Waals surface area contributed by atoms with Crippen LogP contribution in [0.25, 0.3) is 0 Å². The van der Waals surface area contributed by atoms with Crippen LogP contribution in [0.15, 0.2) is 17.6 Å². The summed E-state index contributed by atoms with van der Waals surface area (Å²) in [5.74, 6) is 0. The maximum absolute atomic E-state index is 11.8. The number of aromatic nitrogens is 2. The zero-order chi connectivity index (χ0) is 12.2. The van der Waals surface area contributed by atoms with Gasteiger partial charge in [0.25, 0.3) is 10.0 Å². The number of hydrogen-bond donors (Lipinski definition) is 1. The molecule has 1 atom stereocenters. The molecular weight excluding hydrogens is 228 g/mol. The van der Waals surface area contributed by atoms with Crippen LogP contribution in [-0.2, 0) is 17.1 Å². The molecule has 0 aliphatic rings. The predicted octanol–water partition coefficient (Wildman–Crippen LogP) is 0.391. The molecule has 0 aliphatic heterocycles. The van der Waals surface area contributed by atoms with E-state index in [0.717, 1.165) is 6.42 Å². The number of imidazole rings is 1. The minimum absolute atomic E-state index is 0.0636. The molecule has 6 nitrogen and oxygen atoms in total. The molecule has 0 amide bonds. The van der Waals surface area contributed by atoms with Crippen LogP contribution in [0.3, 0.4) is 0 Å². The maximum Gasteiger partial charge on any atom is 0.260 e. The van der Waals surface area contributed by atoms with Crippen molar-refractivity contribution in [3.05, 3.63) is 12.5 Å². The van der Waals surface area contributed by atoms with Crippen molar-refractivity contribution in [2.24, 2.45) is 7.05 Å². The lowest BCUT2D eigenvalue weighted by Gasteiger charge is -2.08. The fourth-order valence-electron chi connectivity index (χ4n) is 1.21. The van der Waals surface area contributed by atoms with Crippen molar-refractivity contribution in [3.8, 4) is 6.07 Å². The Morgan fingerprint density at radius 2 is 2.38 bits per heavy atom. The predicted molar refractivity (Wildman–Crippen MR) is 57.8 cm³/mol. The van der Waals surface area contributed by atoms with Gasteiger partial charge in [-0.1, -0.05) is 13.3 Å². The van der Waals surface area contributed by atoms with Gasteiger partial charge in [0, 0.05) is 13.2 Å². The highest BCUT2D eigenvalue weighted by atomic mass is 32.2. The van der Waals surface area contributed by atoms with E-state index in [1.165, 1.54) is 17.1 Å². The van der Waals surface area contributed by atoms with Crippen LogP contribution < -0.4 is 4.72 Å². The van der Waals surface area contributed by atoms with Crippen molar-refractivity contribution < 1.29 is 8.42 Å². The molecule has 0 saturated carbocycles. The van der Waals surface area contributed by atoms with Gasteiger partial charge in [-0.15, -0.1) is 0 Å². The van der Waals surface area contributed by atoms with Crippen LogP contribution in [0.1, 0.15) is 19.8 Å². The summed E-state index contributed by atoms with van der Waals surface area (Å²) in [6, 6.07) is 1.21. The third-order valence-electron chi connectivity index (χ3n) is 1.99. The molecule has 1 aromatic heterocycles. The van der Waals surface area contributed by atoms with E-state index >= 15 is 0 Å². The second-order valence-corrected chi connectivity index (χ2v) is 5.13. The first kappa shape index (κ1) is 12.7. The molecule has 1 rings (SSSR count). The Hall–Kier alpha value is -1.39. The lowest BCUT2D eigenvalue weighted by Crippen LogP contribution is -2.33. The first-order chi connectivity index (χ1) is 7.49. The highest BCUT2D eigenvalue weighted by Crippen LogP contribution is 2.06. The zero-order valence-electron chi connectivity index (χ0n) is 9.21. The fourth-order valence-corrected chi connectivity index (χ4v) is 2.37. The Balaban J connectivity index is 2.84. The normalized spacial score (nSPS) is 13.3. The third-order valence-corrected chi connectivity index (χ3v) is 3.34. The Labute approximate surface area is 95.0 Å². The van der Waals surface area contributed by atoms with Gasteiger partial charge in [0.2, 0.25) is 0 Å². The molecule has 0 aromatic carbocycles. The molecule has 0 bridgehead atoms. The van der Waals surface area contributed by atoms with Gasteiger partial charge in [0.15, 0.2) is 5.03 Å². The van der Waals surface area contributed by atoms with Gasteiger partial charge in [-0.2, -0.15) is 9.98 Å². The molecule has 1 aromatic rings. The average Bonchev–Trinajstić information content (AvgIpc) is 2.64. The highest BCUT2D eigenvalue weighted by Gasteiger charge is 2.21. The quantitative estimate of drug-likeness (QED) is 0.809. The van der Waals surface area contributed by atoms with Gasteiger partial charge >= 0.3 is 0 Å². The third kappa shape index (κ3) is 3.05. The molecule has 0 fully saturated rings. The van der Waals surface area contributed by atoms with Gasteiger partial charge in [-0.25, -0.2) is 13.4 Å². The first-order valence-electron chi connectivity index (χ1n) is 4.89. The molecule has 0 aliphatic carbocycles. The van der Waals surface area contributed by atoms with Crippen LogP contribution in [0.5, 0.6) is 0 Å². The van der Waals surface area contributed by atoms with Gasteiger partial charge in [-0.05, 0) is 6.42 Å². The number of sulfonamides is 1. The SMILES string of the molecule is CCCC(C#N)NS(=O)(=O)c1cn(C)cn1. The number of nitrogens with one attached hydrogen (secondary N) is 1. The molecule has 1 unspecified atom stereocenters. The lowest BCUT2D eigenvalue weighted by atomic mass is 10.2. The van der Waals surface area contributed by atoms with E-state index in [0.29, 0.717) is 6.42 Å². The van der Waals surface area contributed by atoms with Crippen LogP contribution in [0.4, 0.5) is 0 Å². The topological polar surface area (TPSA) is 87.8 Å². The van der Waals surface area contributed by atoms with Crippen molar-refractivity contribution in [3.63, 3.8) is 0 Å². The number of hydrogen-bond acceptors (Lipinski definition) is 4. The Kier molecular flexibility index (Phi) is 4.04. The highest BCUT2D eigenvalue weighted by molar-refractivity contribution is 7.89. The molecule has 16 heavy (non-hydrogen) atoms. The van der Waals surface area contributed by atoms with Gasteiger partial charge < -0.3 is 4.57 Å². The molecule has 0 spiro atoms. The van der Waals surface area contributed by atoms with E-state index in [1.54, 1.807) is 7.05 Å². The fraction of sp³-hybridized carbons (Fsp3) is 0.556. The molecule has 0 radical (unpaired) electrons. The summed E-state index contributed by atoms with van der Waals surface area (Å²) in [6.07, 6.45) is 4.02. The average molecular weight is 242 g/mol. The van der Waals surface area contributed by atoms with E-state index in [2.05, 4.69) is 9.71 Å². The molecule has 88 valence electrons. The standard InChI is InChI=1S/C9H14N4O2S/c1-3-4-8(5-10)12-16(14,15)9-6-13(2)7-11-9/h6-8,12H,3-4H2,1-2H3. The van der Waals surface area contributed by atoms with Crippen molar-refractivity contribution >= 4 is 10.0 Å². The smallest absolute Gasteiger partial charge is 0.260 e. The summed E-state index contributed by atoms with van der Waals surface area (Å²) in [4.78, 5) is 3.74. The maximum atomic E-state index is 11.8. The number of nitriles is 1. The van der Waals surface area contributed by atoms with Gasteiger partial charge in [-0.3, -0.25) is 0 Å². The van der Waals surface area contributed by atoms with E-state index < -0.39 is 16.1 Å². The summed E-state index contributed by atoms with van der Waals surface area (Å²) >= 11 is 0. The summed E-state index contributed by atoms with van der Waals surface area (Å²) in [6.45, 7) is 1.89. The minimum Gasteiger partial charge on any atom is -0.339 e. The molecule has 1 heterocycles. The second-order valence-electron chi connectivity index (χ2n) is 3.47. The van der Waals surface area contributed by atoms with E-state index in [9.17, 15) is 8.42 Å². The Morgan fingerprint density at radius 1 is 1.69 bits per heavy atom. The molecule has 0 saturated heterocycles. The second kappa shape index (κ2) is 5.09. The van der Waals surface area contributed by atoms with Gasteiger partial charge in [0.1, 0.15) is 6.04 Å². The van der Waals surface area contributed by atoms with E-state index in [-0.39, 0.29) is 5.03 Å². The van der Waals surface area contributed by atoms with Crippen molar-refractivity contribution in [1.82, 2.24) is 14.3 Å². The van der Waals surface area contributed by atoms with Crippen molar-refractivity contribution in [2.75, 3.05) is 0 Å². The van der Waals surface area contributed by atoms with Gasteiger partial charge in [0.05, 0.1) is 12.4 Å². The molecular formula is C9H14N4O2S. The summed E-state index contributed by atoms with van der Waals surface area (Å²) < 4.78 is 27.3. The largest absolute Gasteiger partial charge is 0.339 e. The first-order valence-corrected chi connectivity index (χ1v) is 6.38. The van der Waals surface area contributed by atoms with Crippen molar-refractivity contribution in [1.29, 1.82) is 5.26 Å². The monoisotopic (exact) mass is 242 g/mol. The zero-order valence-corrected chi connectivity index (χ0v) is 10.0. The van der Waals surface area contributed by atoms with Crippen LogP contribution in [0.2, 0.25) is 0 Å². The van der Waals surface area contributed by atoms with Crippen LogP contribution in [0, 0.1) is 11.3 Å². The summed E-state index contributed by atoms with van der Waals surface area (Å²) in [5.41, 5.74) is 0. The lowest BCUT2D eigenvalue weighted by molar-refractivity contribution is 0.560. The van der Waals surface area contributed by atoms with Crippen molar-refractivity contribution in [2.45, 2.75) is 30.8 Å². The summed E-state index contributed by atoms with van der Waals surface area (Å²) in [5, 5.41) is 8.71.